The molecule has 0 saturated heterocycles. The third kappa shape index (κ3) is 4.49. The maximum Gasteiger partial charge on any atom is 0.223 e. The van der Waals surface area contributed by atoms with Gasteiger partial charge in [0.25, 0.3) is 0 Å². The van der Waals surface area contributed by atoms with Crippen molar-refractivity contribution in [2.24, 2.45) is 11.1 Å². The molecule has 0 spiro atoms. The Morgan fingerprint density at radius 1 is 1.39 bits per heavy atom. The Kier molecular flexibility index (Phi) is 4.91. The van der Waals surface area contributed by atoms with E-state index >= 15 is 0 Å². The highest BCUT2D eigenvalue weighted by Gasteiger charge is 2.22. The Bertz CT molecular complexity index is 413. The number of benzene rings is 1. The highest BCUT2D eigenvalue weighted by Crippen LogP contribution is 2.19. The average molecular weight is 248 g/mol. The molecule has 0 heterocycles. The summed E-state index contributed by atoms with van der Waals surface area (Å²) >= 11 is 0. The number of hydrogen-bond acceptors (Lipinski definition) is 2. The second-order valence-corrected chi connectivity index (χ2v) is 5.78. The summed E-state index contributed by atoms with van der Waals surface area (Å²) in [5, 5.41) is 0. The van der Waals surface area contributed by atoms with E-state index in [1.807, 2.05) is 33.0 Å². The lowest BCUT2D eigenvalue weighted by molar-refractivity contribution is -0.132. The summed E-state index contributed by atoms with van der Waals surface area (Å²) in [6.45, 7) is 7.28. The molecule has 0 fully saturated rings. The Hall–Kier alpha value is -1.35. The van der Waals surface area contributed by atoms with Crippen molar-refractivity contribution in [1.29, 1.82) is 0 Å². The third-order valence-corrected chi connectivity index (χ3v) is 3.11. The summed E-state index contributed by atoms with van der Waals surface area (Å²) in [4.78, 5) is 13.8. The van der Waals surface area contributed by atoms with Crippen LogP contribution in [0.5, 0.6) is 0 Å². The van der Waals surface area contributed by atoms with Crippen molar-refractivity contribution >= 4 is 5.91 Å². The van der Waals surface area contributed by atoms with Gasteiger partial charge in [-0.2, -0.15) is 0 Å². The first-order valence-corrected chi connectivity index (χ1v) is 6.34. The molecular formula is C15H24N2O. The van der Waals surface area contributed by atoms with Gasteiger partial charge >= 0.3 is 0 Å². The van der Waals surface area contributed by atoms with Crippen LogP contribution in [0.4, 0.5) is 0 Å². The van der Waals surface area contributed by atoms with Crippen LogP contribution in [-0.4, -0.2) is 24.4 Å². The van der Waals surface area contributed by atoms with E-state index in [4.69, 9.17) is 5.73 Å². The van der Waals surface area contributed by atoms with Crippen LogP contribution in [-0.2, 0) is 11.3 Å². The molecule has 3 heteroatoms. The van der Waals surface area contributed by atoms with Gasteiger partial charge in [0.05, 0.1) is 0 Å². The number of aryl methyl sites for hydroxylation is 1. The van der Waals surface area contributed by atoms with Crippen LogP contribution >= 0.6 is 0 Å². The van der Waals surface area contributed by atoms with E-state index in [-0.39, 0.29) is 11.3 Å². The van der Waals surface area contributed by atoms with Crippen molar-refractivity contribution in [1.82, 2.24) is 4.90 Å². The Morgan fingerprint density at radius 2 is 2.06 bits per heavy atom. The SMILES string of the molecule is Cc1cccc(CN(C)C(=O)CC(C)(C)CN)c1. The summed E-state index contributed by atoms with van der Waals surface area (Å²) < 4.78 is 0. The molecule has 0 radical (unpaired) electrons. The zero-order chi connectivity index (χ0) is 13.8. The number of carbonyl (C=O) groups excluding carboxylic acids is 1. The lowest BCUT2D eigenvalue weighted by Gasteiger charge is -2.25. The molecule has 2 N–H and O–H groups in total. The van der Waals surface area contributed by atoms with E-state index in [0.29, 0.717) is 19.5 Å². The Morgan fingerprint density at radius 3 is 2.61 bits per heavy atom. The molecular weight excluding hydrogens is 224 g/mol. The minimum atomic E-state index is -0.127. The van der Waals surface area contributed by atoms with E-state index < -0.39 is 0 Å². The van der Waals surface area contributed by atoms with Crippen molar-refractivity contribution in [3.63, 3.8) is 0 Å². The second kappa shape index (κ2) is 6.01. The molecule has 0 aromatic heterocycles. The van der Waals surface area contributed by atoms with Crippen LogP contribution in [0.15, 0.2) is 24.3 Å². The molecule has 0 aliphatic heterocycles. The largest absolute Gasteiger partial charge is 0.341 e. The van der Waals surface area contributed by atoms with Crippen molar-refractivity contribution < 1.29 is 4.79 Å². The van der Waals surface area contributed by atoms with E-state index in [0.717, 1.165) is 5.56 Å². The fraction of sp³-hybridized carbons (Fsp3) is 0.533. The topological polar surface area (TPSA) is 46.3 Å². The van der Waals surface area contributed by atoms with E-state index in [1.165, 1.54) is 5.56 Å². The first kappa shape index (κ1) is 14.7. The molecule has 3 nitrogen and oxygen atoms in total. The van der Waals surface area contributed by atoms with Crippen molar-refractivity contribution in [2.75, 3.05) is 13.6 Å². The van der Waals surface area contributed by atoms with Crippen LogP contribution in [0.25, 0.3) is 0 Å². The summed E-state index contributed by atoms with van der Waals surface area (Å²) in [6.07, 6.45) is 0.492. The molecule has 1 amide bonds. The molecule has 0 atom stereocenters. The number of nitrogens with two attached hydrogens (primary N) is 1. The van der Waals surface area contributed by atoms with Gasteiger partial charge in [-0.15, -0.1) is 0 Å². The zero-order valence-corrected chi connectivity index (χ0v) is 11.9. The van der Waals surface area contributed by atoms with Gasteiger partial charge in [0, 0.05) is 20.0 Å². The maximum atomic E-state index is 12.1. The van der Waals surface area contributed by atoms with Gasteiger partial charge < -0.3 is 10.6 Å². The van der Waals surface area contributed by atoms with Gasteiger partial charge in [0.15, 0.2) is 0 Å². The van der Waals surface area contributed by atoms with Crippen molar-refractivity contribution in [3.05, 3.63) is 35.4 Å². The first-order chi connectivity index (χ1) is 8.34. The zero-order valence-electron chi connectivity index (χ0n) is 11.9. The van der Waals surface area contributed by atoms with E-state index in [1.54, 1.807) is 4.90 Å². The van der Waals surface area contributed by atoms with Crippen molar-refractivity contribution in [3.8, 4) is 0 Å². The Balaban J connectivity index is 2.60. The monoisotopic (exact) mass is 248 g/mol. The number of nitrogens with zero attached hydrogens (tertiary/aromatic N) is 1. The predicted octanol–water partition coefficient (Wildman–Crippen LogP) is 2.33. The highest BCUT2D eigenvalue weighted by atomic mass is 16.2. The van der Waals surface area contributed by atoms with E-state index in [9.17, 15) is 4.79 Å². The lowest BCUT2D eigenvalue weighted by atomic mass is 9.89. The summed E-state index contributed by atoms with van der Waals surface area (Å²) in [5.41, 5.74) is 7.91. The molecule has 0 aliphatic carbocycles. The molecule has 0 aliphatic rings. The second-order valence-electron chi connectivity index (χ2n) is 5.78. The van der Waals surface area contributed by atoms with Gasteiger partial charge in [0.2, 0.25) is 5.91 Å². The summed E-state index contributed by atoms with van der Waals surface area (Å²) in [5.74, 6) is 0.145. The van der Waals surface area contributed by atoms with Gasteiger partial charge in [-0.25, -0.2) is 0 Å². The lowest BCUT2D eigenvalue weighted by Crippen LogP contribution is -2.34. The standard InChI is InChI=1S/C15H24N2O/c1-12-6-5-7-13(8-12)10-17(4)14(18)9-15(2,3)11-16/h5-8H,9-11,16H2,1-4H3. The molecule has 1 aromatic carbocycles. The van der Waals surface area contributed by atoms with Crippen LogP contribution < -0.4 is 5.73 Å². The third-order valence-electron chi connectivity index (χ3n) is 3.11. The molecule has 0 unspecified atom stereocenters. The molecule has 0 bridgehead atoms. The van der Waals surface area contributed by atoms with E-state index in [2.05, 4.69) is 19.1 Å². The van der Waals surface area contributed by atoms with Gasteiger partial charge in [0.1, 0.15) is 0 Å². The minimum Gasteiger partial charge on any atom is -0.341 e. The number of amides is 1. The van der Waals surface area contributed by atoms with Crippen LogP contribution in [0.1, 0.15) is 31.4 Å². The van der Waals surface area contributed by atoms with Gasteiger partial charge in [-0.1, -0.05) is 43.7 Å². The van der Waals surface area contributed by atoms with Gasteiger partial charge in [-0.05, 0) is 24.4 Å². The van der Waals surface area contributed by atoms with Crippen molar-refractivity contribution in [2.45, 2.75) is 33.7 Å². The molecule has 1 rings (SSSR count). The number of rotatable bonds is 5. The van der Waals surface area contributed by atoms with Crippen LogP contribution in [0.3, 0.4) is 0 Å². The maximum absolute atomic E-state index is 12.1. The smallest absolute Gasteiger partial charge is 0.223 e. The normalized spacial score (nSPS) is 11.4. The molecule has 18 heavy (non-hydrogen) atoms. The summed E-state index contributed by atoms with van der Waals surface area (Å²) in [7, 11) is 1.84. The van der Waals surface area contributed by atoms with Crippen LogP contribution in [0, 0.1) is 12.3 Å². The minimum absolute atomic E-state index is 0.127. The number of carbonyl (C=O) groups is 1. The quantitative estimate of drug-likeness (QED) is 0.869. The fourth-order valence-electron chi connectivity index (χ4n) is 1.79. The Labute approximate surface area is 110 Å². The average Bonchev–Trinajstić information content (AvgIpc) is 2.28. The van der Waals surface area contributed by atoms with Crippen LogP contribution in [0.2, 0.25) is 0 Å². The first-order valence-electron chi connectivity index (χ1n) is 6.34. The molecule has 0 saturated carbocycles. The predicted molar refractivity (Wildman–Crippen MR) is 75.1 cm³/mol. The number of hydrogen-bond donors (Lipinski definition) is 1. The van der Waals surface area contributed by atoms with Gasteiger partial charge in [-0.3, -0.25) is 4.79 Å². The molecule has 100 valence electrons. The molecule has 1 aromatic rings. The highest BCUT2D eigenvalue weighted by molar-refractivity contribution is 5.76. The fourth-order valence-corrected chi connectivity index (χ4v) is 1.79. The summed E-state index contributed by atoms with van der Waals surface area (Å²) in [6, 6.07) is 8.23.